The molecule has 2 heterocycles. The van der Waals surface area contributed by atoms with Crippen LogP contribution < -0.4 is 5.73 Å². The van der Waals surface area contributed by atoms with Crippen LogP contribution in [-0.2, 0) is 4.74 Å². The first-order valence-corrected chi connectivity index (χ1v) is 6.96. The van der Waals surface area contributed by atoms with Crippen molar-refractivity contribution in [3.63, 3.8) is 0 Å². The lowest BCUT2D eigenvalue weighted by Gasteiger charge is -2.40. The van der Waals surface area contributed by atoms with Gasteiger partial charge in [0.25, 0.3) is 0 Å². The Morgan fingerprint density at radius 2 is 2.17 bits per heavy atom. The molecule has 2 rings (SSSR count). The highest BCUT2D eigenvalue weighted by molar-refractivity contribution is 5.85. The molecule has 2 aliphatic heterocycles. The normalized spacial score (nSPS) is 30.3. The van der Waals surface area contributed by atoms with Crippen molar-refractivity contribution in [2.24, 2.45) is 16.3 Å². The van der Waals surface area contributed by atoms with Crippen LogP contribution in [0.3, 0.4) is 0 Å². The molecule has 0 amide bonds. The Morgan fingerprint density at radius 3 is 2.72 bits per heavy atom. The van der Waals surface area contributed by atoms with Gasteiger partial charge in [-0.25, -0.2) is 0 Å². The number of nitrogens with zero attached hydrogens (tertiary/aromatic N) is 2. The lowest BCUT2D eigenvalue weighted by molar-refractivity contribution is -0.0129. The molecule has 2 saturated heterocycles. The van der Waals surface area contributed by atoms with Crippen molar-refractivity contribution in [1.29, 1.82) is 0 Å². The van der Waals surface area contributed by atoms with E-state index in [0.29, 0.717) is 11.9 Å². The summed E-state index contributed by atoms with van der Waals surface area (Å²) >= 11 is 0. The summed E-state index contributed by atoms with van der Waals surface area (Å²) in [5, 5.41) is 12.0. The van der Waals surface area contributed by atoms with Gasteiger partial charge in [-0.2, -0.15) is 0 Å². The highest BCUT2D eigenvalue weighted by Gasteiger charge is 2.34. The van der Waals surface area contributed by atoms with Crippen LogP contribution in [0.4, 0.5) is 0 Å². The number of amidine groups is 1. The van der Waals surface area contributed by atoms with Crippen LogP contribution in [0.2, 0.25) is 0 Å². The van der Waals surface area contributed by atoms with E-state index in [1.165, 1.54) is 19.3 Å². The van der Waals surface area contributed by atoms with Gasteiger partial charge < -0.3 is 20.6 Å². The van der Waals surface area contributed by atoms with Gasteiger partial charge >= 0.3 is 0 Å². The van der Waals surface area contributed by atoms with Crippen LogP contribution in [0.1, 0.15) is 39.0 Å². The predicted molar refractivity (Wildman–Crippen MR) is 70.8 cm³/mol. The molecule has 5 heteroatoms. The lowest BCUT2D eigenvalue weighted by Crippen LogP contribution is -2.47. The third-order valence-electron chi connectivity index (χ3n) is 4.42. The topological polar surface area (TPSA) is 71.1 Å². The summed E-state index contributed by atoms with van der Waals surface area (Å²) < 4.78 is 5.77. The number of hydrogen-bond donors (Lipinski definition) is 2. The summed E-state index contributed by atoms with van der Waals surface area (Å²) in [7, 11) is 0. The second-order valence-electron chi connectivity index (χ2n) is 5.84. The van der Waals surface area contributed by atoms with Crippen LogP contribution in [0.15, 0.2) is 5.16 Å². The third-order valence-corrected chi connectivity index (χ3v) is 4.42. The molecule has 0 aromatic rings. The number of likely N-dealkylation sites (tertiary alicyclic amines) is 1. The van der Waals surface area contributed by atoms with Gasteiger partial charge in [0.05, 0.1) is 6.10 Å². The fourth-order valence-electron chi connectivity index (χ4n) is 2.85. The summed E-state index contributed by atoms with van der Waals surface area (Å²) in [6.45, 7) is 6.04. The molecule has 1 unspecified atom stereocenters. The smallest absolute Gasteiger partial charge is 0.145 e. The average Bonchev–Trinajstić information content (AvgIpc) is 2.42. The largest absolute Gasteiger partial charge is 0.409 e. The van der Waals surface area contributed by atoms with Crippen molar-refractivity contribution in [2.75, 3.05) is 26.2 Å². The molecule has 5 nitrogen and oxygen atoms in total. The van der Waals surface area contributed by atoms with Crippen LogP contribution in [0, 0.1) is 5.41 Å². The van der Waals surface area contributed by atoms with E-state index >= 15 is 0 Å². The van der Waals surface area contributed by atoms with Crippen molar-refractivity contribution in [3.8, 4) is 0 Å². The van der Waals surface area contributed by atoms with E-state index < -0.39 is 0 Å². The SMILES string of the molecule is CC1(C(N)=NO)CCN(CC2CCCCO2)CC1. The van der Waals surface area contributed by atoms with Crippen LogP contribution in [0.5, 0.6) is 0 Å². The Bertz CT molecular complexity index is 293. The van der Waals surface area contributed by atoms with E-state index in [1.54, 1.807) is 0 Å². The summed E-state index contributed by atoms with van der Waals surface area (Å²) in [5.41, 5.74) is 5.63. The zero-order chi connectivity index (χ0) is 13.0. The number of nitrogens with two attached hydrogens (primary N) is 1. The van der Waals surface area contributed by atoms with Crippen molar-refractivity contribution < 1.29 is 9.94 Å². The molecule has 1 atom stereocenters. The molecule has 0 radical (unpaired) electrons. The van der Waals surface area contributed by atoms with E-state index in [2.05, 4.69) is 17.0 Å². The monoisotopic (exact) mass is 255 g/mol. The van der Waals surface area contributed by atoms with Crippen molar-refractivity contribution in [3.05, 3.63) is 0 Å². The number of piperidine rings is 1. The number of oxime groups is 1. The summed E-state index contributed by atoms with van der Waals surface area (Å²) in [4.78, 5) is 2.45. The van der Waals surface area contributed by atoms with Crippen molar-refractivity contribution >= 4 is 5.84 Å². The molecule has 0 aromatic heterocycles. The zero-order valence-corrected chi connectivity index (χ0v) is 11.3. The Balaban J connectivity index is 1.79. The summed E-state index contributed by atoms with van der Waals surface area (Å²) in [6.07, 6.45) is 6.00. The third kappa shape index (κ3) is 3.14. The molecule has 0 aliphatic carbocycles. The van der Waals surface area contributed by atoms with Crippen LogP contribution >= 0.6 is 0 Å². The zero-order valence-electron chi connectivity index (χ0n) is 11.3. The van der Waals surface area contributed by atoms with E-state index in [-0.39, 0.29) is 5.41 Å². The van der Waals surface area contributed by atoms with Crippen LogP contribution in [-0.4, -0.2) is 48.3 Å². The highest BCUT2D eigenvalue weighted by Crippen LogP contribution is 2.31. The number of ether oxygens (including phenoxy) is 1. The molecular weight excluding hydrogens is 230 g/mol. The Morgan fingerprint density at radius 1 is 1.44 bits per heavy atom. The molecule has 0 saturated carbocycles. The summed E-state index contributed by atoms with van der Waals surface area (Å²) in [5.74, 6) is 0.371. The molecule has 0 bridgehead atoms. The van der Waals surface area contributed by atoms with Gasteiger partial charge in [-0.15, -0.1) is 0 Å². The fraction of sp³-hybridized carbons (Fsp3) is 0.923. The maximum Gasteiger partial charge on any atom is 0.145 e. The Hall–Kier alpha value is -0.810. The number of hydrogen-bond acceptors (Lipinski definition) is 4. The second kappa shape index (κ2) is 5.89. The van der Waals surface area contributed by atoms with Gasteiger partial charge in [-0.3, -0.25) is 0 Å². The first-order valence-electron chi connectivity index (χ1n) is 6.96. The van der Waals surface area contributed by atoms with E-state index in [4.69, 9.17) is 15.7 Å². The first-order chi connectivity index (χ1) is 8.64. The molecule has 2 aliphatic rings. The number of rotatable bonds is 3. The van der Waals surface area contributed by atoms with E-state index in [9.17, 15) is 0 Å². The predicted octanol–water partition coefficient (Wildman–Crippen LogP) is 1.40. The minimum atomic E-state index is -0.140. The molecule has 18 heavy (non-hydrogen) atoms. The molecule has 3 N–H and O–H groups in total. The molecule has 0 spiro atoms. The molecular formula is C13H25N3O2. The lowest BCUT2D eigenvalue weighted by atomic mass is 9.79. The minimum Gasteiger partial charge on any atom is -0.409 e. The van der Waals surface area contributed by atoms with Gasteiger partial charge in [0.15, 0.2) is 0 Å². The van der Waals surface area contributed by atoms with Gasteiger partial charge in [0.2, 0.25) is 0 Å². The minimum absolute atomic E-state index is 0.140. The average molecular weight is 255 g/mol. The van der Waals surface area contributed by atoms with E-state index in [0.717, 1.165) is 39.1 Å². The molecule has 2 fully saturated rings. The quantitative estimate of drug-likeness (QED) is 0.346. The Labute approximate surface area is 109 Å². The standard InChI is InChI=1S/C13H25N3O2/c1-13(12(14)15-17)5-7-16(8-6-13)10-11-4-2-3-9-18-11/h11,17H,2-10H2,1H3,(H2,14,15). The molecule has 104 valence electrons. The second-order valence-corrected chi connectivity index (χ2v) is 5.84. The van der Waals surface area contributed by atoms with Crippen LogP contribution in [0.25, 0.3) is 0 Å². The van der Waals surface area contributed by atoms with Crippen molar-refractivity contribution in [1.82, 2.24) is 4.90 Å². The maximum absolute atomic E-state index is 8.81. The van der Waals surface area contributed by atoms with Gasteiger partial charge in [-0.1, -0.05) is 12.1 Å². The highest BCUT2D eigenvalue weighted by atomic mass is 16.5. The van der Waals surface area contributed by atoms with Gasteiger partial charge in [0, 0.05) is 18.6 Å². The Kier molecular flexibility index (Phi) is 4.45. The van der Waals surface area contributed by atoms with Gasteiger partial charge in [-0.05, 0) is 45.2 Å². The van der Waals surface area contributed by atoms with Gasteiger partial charge in [0.1, 0.15) is 5.84 Å². The maximum atomic E-state index is 8.81. The summed E-state index contributed by atoms with van der Waals surface area (Å²) in [6, 6.07) is 0. The first kappa shape index (κ1) is 13.6. The molecule has 0 aromatic carbocycles. The fourth-order valence-corrected chi connectivity index (χ4v) is 2.85. The van der Waals surface area contributed by atoms with Crippen molar-refractivity contribution in [2.45, 2.75) is 45.1 Å². The van der Waals surface area contributed by atoms with E-state index in [1.807, 2.05) is 0 Å².